The van der Waals surface area contributed by atoms with Crippen LogP contribution >= 0.6 is 0 Å². The van der Waals surface area contributed by atoms with Crippen molar-refractivity contribution in [3.8, 4) is 0 Å². The van der Waals surface area contributed by atoms with Crippen LogP contribution in [0, 0.1) is 0 Å². The summed E-state index contributed by atoms with van der Waals surface area (Å²) in [6, 6.07) is 34.6. The monoisotopic (exact) mass is 670 g/mol. The quantitative estimate of drug-likeness (QED) is 0.169. The molecule has 3 aromatic carbocycles. The van der Waals surface area contributed by atoms with Crippen molar-refractivity contribution < 1.29 is 0 Å². The summed E-state index contributed by atoms with van der Waals surface area (Å²) in [5.74, 6) is 0. The molecule has 4 rings (SSSR count). The summed E-state index contributed by atoms with van der Waals surface area (Å²) in [4.78, 5) is 0. The summed E-state index contributed by atoms with van der Waals surface area (Å²) in [6.07, 6.45) is 5.38. The van der Waals surface area contributed by atoms with Gasteiger partial charge in [0.2, 0.25) is 0 Å². The molecule has 0 bridgehead atoms. The number of unbranched alkanes of at least 4 members (excludes halogenated alkanes) is 2. The Bertz CT molecular complexity index is 1270. The third kappa shape index (κ3) is 6.42. The van der Waals surface area contributed by atoms with Gasteiger partial charge in [-0.2, -0.15) is 0 Å². The zero-order valence-corrected chi connectivity index (χ0v) is 31.3. The molecular formula is C36H51BSi2Sn. The Morgan fingerprint density at radius 2 is 0.950 bits per heavy atom. The number of allylic oxidation sites excluding steroid dienone is 2. The Morgan fingerprint density at radius 3 is 1.32 bits per heavy atom. The van der Waals surface area contributed by atoms with Crippen LogP contribution in [-0.2, 0) is 0 Å². The first kappa shape index (κ1) is 31.4. The topological polar surface area (TPSA) is 0 Å². The van der Waals surface area contributed by atoms with Crippen LogP contribution in [0.2, 0.25) is 48.2 Å². The van der Waals surface area contributed by atoms with Crippen LogP contribution in [0.4, 0.5) is 0 Å². The Labute approximate surface area is 252 Å². The predicted octanol–water partition coefficient (Wildman–Crippen LogP) is 9.48. The second kappa shape index (κ2) is 13.2. The van der Waals surface area contributed by atoms with Gasteiger partial charge in [-0.05, 0) is 0 Å². The van der Waals surface area contributed by atoms with Gasteiger partial charge in [-0.25, -0.2) is 0 Å². The molecule has 0 saturated carbocycles. The van der Waals surface area contributed by atoms with E-state index in [9.17, 15) is 0 Å². The van der Waals surface area contributed by atoms with Gasteiger partial charge >= 0.3 is 254 Å². The molecule has 1 heterocycles. The number of rotatable bonds is 12. The van der Waals surface area contributed by atoms with E-state index < -0.39 is 34.5 Å². The van der Waals surface area contributed by atoms with Crippen LogP contribution < -0.4 is 10.9 Å². The third-order valence-electron chi connectivity index (χ3n) is 8.78. The summed E-state index contributed by atoms with van der Waals surface area (Å²) in [7, 11) is -3.36. The van der Waals surface area contributed by atoms with Gasteiger partial charge in [-0.3, -0.25) is 0 Å². The van der Waals surface area contributed by atoms with Gasteiger partial charge in [-0.15, -0.1) is 0 Å². The van der Waals surface area contributed by atoms with Crippen molar-refractivity contribution >= 4 is 57.7 Å². The van der Waals surface area contributed by atoms with Crippen molar-refractivity contribution in [3.63, 3.8) is 0 Å². The van der Waals surface area contributed by atoms with Crippen molar-refractivity contribution in [3.05, 3.63) is 108 Å². The Kier molecular flexibility index (Phi) is 10.3. The molecular weight excluding hydrogens is 618 g/mol. The van der Waals surface area contributed by atoms with Crippen molar-refractivity contribution in [2.45, 2.75) is 87.7 Å². The second-order valence-corrected chi connectivity index (χ2v) is 38.7. The molecule has 1 aliphatic heterocycles. The molecule has 0 unspecified atom stereocenters. The van der Waals surface area contributed by atoms with Crippen molar-refractivity contribution in [2.24, 2.45) is 0 Å². The average molecular weight is 669 g/mol. The summed E-state index contributed by atoms with van der Waals surface area (Å²) in [5.41, 5.74) is 7.85. The summed E-state index contributed by atoms with van der Waals surface area (Å²) in [6.45, 7) is 21.2. The standard InChI is InChI=1S/C28H33BSi2.2C4H9.Sn/c1-30(2,3)22-27(24-16-10-7-11-17-24)28(23-31(4,5)6)29(25-18-12-8-13-19-25)26-20-14-9-15-21-26;2*1-3-4-2;/h7-21H,1-6H3;2*1,3-4H2,2H3;. The molecule has 0 aromatic heterocycles. The molecule has 0 saturated heterocycles. The van der Waals surface area contributed by atoms with Crippen LogP contribution in [0.25, 0.3) is 5.57 Å². The fourth-order valence-corrected chi connectivity index (χ4v) is 57.3. The molecule has 0 amide bonds. The molecule has 0 fully saturated rings. The molecule has 3 aromatic rings. The third-order valence-corrected chi connectivity index (χ3v) is 45.4. The predicted molar refractivity (Wildman–Crippen MR) is 190 cm³/mol. The van der Waals surface area contributed by atoms with Crippen LogP contribution in [-0.4, -0.2) is 41.2 Å². The Hall–Kier alpha value is -1.56. The van der Waals surface area contributed by atoms with Crippen LogP contribution in [0.5, 0.6) is 0 Å². The molecule has 0 aliphatic carbocycles. The minimum absolute atomic E-state index is 0.285. The van der Waals surface area contributed by atoms with E-state index in [-0.39, 0.29) is 6.71 Å². The second-order valence-electron chi connectivity index (χ2n) is 13.9. The van der Waals surface area contributed by atoms with Crippen LogP contribution in [0.15, 0.2) is 103 Å². The molecule has 0 nitrogen and oxygen atoms in total. The molecule has 210 valence electrons. The first-order valence-electron chi connectivity index (χ1n) is 15.7. The SMILES string of the molecule is CCC[CH2][Sn]1([CH2]CCC)[C]([Si](C)(C)C)=C(B(c2ccccc2)c2ccccc2)C(c2ccccc2)=[C]1[Si](C)(C)C. The molecule has 1 aliphatic rings. The maximum atomic E-state index is 2.69. The summed E-state index contributed by atoms with van der Waals surface area (Å²) < 4.78 is 7.12. The first-order valence-corrected chi connectivity index (χ1v) is 29.6. The van der Waals surface area contributed by atoms with E-state index in [2.05, 4.69) is 151 Å². The van der Waals surface area contributed by atoms with E-state index in [1.54, 1.807) is 11.0 Å². The van der Waals surface area contributed by atoms with Gasteiger partial charge in [-0.1, -0.05) is 0 Å². The Balaban J connectivity index is 2.25. The average Bonchev–Trinajstić information content (AvgIpc) is 3.24. The summed E-state index contributed by atoms with van der Waals surface area (Å²) >= 11 is -3.05. The fraction of sp³-hybridized carbons (Fsp3) is 0.389. The van der Waals surface area contributed by atoms with E-state index in [0.29, 0.717) is 0 Å². The van der Waals surface area contributed by atoms with Gasteiger partial charge in [0.15, 0.2) is 0 Å². The molecule has 0 N–H and O–H groups in total. The van der Waals surface area contributed by atoms with Gasteiger partial charge in [0, 0.05) is 0 Å². The molecule has 40 heavy (non-hydrogen) atoms. The summed E-state index contributed by atoms with van der Waals surface area (Å²) in [5, 5.41) is 0. The van der Waals surface area contributed by atoms with Gasteiger partial charge in [0.05, 0.1) is 0 Å². The van der Waals surface area contributed by atoms with Crippen LogP contribution in [0.1, 0.15) is 45.1 Å². The number of hydrogen-bond acceptors (Lipinski definition) is 0. The van der Waals surface area contributed by atoms with Crippen LogP contribution in [0.3, 0.4) is 0 Å². The molecule has 0 radical (unpaired) electrons. The number of benzene rings is 3. The maximum absolute atomic E-state index is 3.05. The Morgan fingerprint density at radius 1 is 0.550 bits per heavy atom. The minimum atomic E-state index is -3.05. The zero-order valence-electron chi connectivity index (χ0n) is 26.5. The fourth-order valence-electron chi connectivity index (χ4n) is 7.69. The normalized spacial score (nSPS) is 15.6. The molecule has 4 heteroatoms. The van der Waals surface area contributed by atoms with E-state index >= 15 is 0 Å². The van der Waals surface area contributed by atoms with Crippen molar-refractivity contribution in [1.82, 2.24) is 0 Å². The first-order chi connectivity index (χ1) is 19.1. The van der Waals surface area contributed by atoms with Gasteiger partial charge in [0.25, 0.3) is 0 Å². The van der Waals surface area contributed by atoms with Gasteiger partial charge in [0.1, 0.15) is 0 Å². The van der Waals surface area contributed by atoms with E-state index in [1.807, 2.05) is 0 Å². The molecule has 0 spiro atoms. The molecule has 0 atom stereocenters. The zero-order chi connectivity index (χ0) is 29.0. The van der Waals surface area contributed by atoms with Crippen molar-refractivity contribution in [2.75, 3.05) is 0 Å². The van der Waals surface area contributed by atoms with Gasteiger partial charge < -0.3 is 0 Å². The van der Waals surface area contributed by atoms with E-state index in [4.69, 9.17) is 0 Å². The number of hydrogen-bond donors (Lipinski definition) is 0. The van der Waals surface area contributed by atoms with E-state index in [0.717, 1.165) is 0 Å². The van der Waals surface area contributed by atoms with E-state index in [1.165, 1.54) is 51.0 Å². The van der Waals surface area contributed by atoms with Crippen molar-refractivity contribution in [1.29, 1.82) is 0 Å².